The van der Waals surface area contributed by atoms with Crippen molar-refractivity contribution < 1.29 is 14.7 Å². The molecule has 2 N–H and O–H groups in total. The van der Waals surface area contributed by atoms with Crippen molar-refractivity contribution in [2.45, 2.75) is 38.6 Å². The van der Waals surface area contributed by atoms with Crippen LogP contribution in [0.4, 0.5) is 5.69 Å². The molecule has 1 aliphatic rings. The van der Waals surface area contributed by atoms with Gasteiger partial charge in [0.05, 0.1) is 0 Å². The summed E-state index contributed by atoms with van der Waals surface area (Å²) in [5.74, 6) is -0.952. The van der Waals surface area contributed by atoms with Gasteiger partial charge >= 0.3 is 5.97 Å². The number of carbonyl (C=O) groups is 2. The van der Waals surface area contributed by atoms with Crippen molar-refractivity contribution >= 4 is 17.6 Å². The predicted octanol–water partition coefficient (Wildman–Crippen LogP) is 1.59. The van der Waals surface area contributed by atoms with E-state index in [2.05, 4.69) is 35.5 Å². The van der Waals surface area contributed by atoms with Crippen molar-refractivity contribution in [2.24, 2.45) is 0 Å². The van der Waals surface area contributed by atoms with E-state index in [1.807, 2.05) is 0 Å². The number of hydrogen-bond donors (Lipinski definition) is 2. The molecule has 1 aliphatic heterocycles. The maximum Gasteiger partial charge on any atom is 0.303 e. The van der Waals surface area contributed by atoms with E-state index in [4.69, 9.17) is 5.11 Å². The second-order valence-electron chi connectivity index (χ2n) is 5.67. The third-order valence-electron chi connectivity index (χ3n) is 3.87. The van der Waals surface area contributed by atoms with Crippen LogP contribution in [0.15, 0.2) is 18.2 Å². The van der Waals surface area contributed by atoms with Crippen LogP contribution >= 0.6 is 0 Å². The van der Waals surface area contributed by atoms with Crippen molar-refractivity contribution in [1.82, 2.24) is 5.32 Å². The molecule has 0 saturated carbocycles. The van der Waals surface area contributed by atoms with Crippen molar-refractivity contribution in [3.63, 3.8) is 0 Å². The molecule has 0 radical (unpaired) electrons. The van der Waals surface area contributed by atoms with Crippen LogP contribution < -0.4 is 10.2 Å². The number of carbonyl (C=O) groups excluding carboxylic acids is 1. The summed E-state index contributed by atoms with van der Waals surface area (Å²) in [7, 11) is 2.08. The molecule has 0 fully saturated rings. The van der Waals surface area contributed by atoms with Crippen LogP contribution in [0.3, 0.4) is 0 Å². The van der Waals surface area contributed by atoms with Gasteiger partial charge in [0.2, 0.25) is 5.91 Å². The number of nitrogens with zero attached hydrogens (tertiary/aromatic N) is 1. The fourth-order valence-electron chi connectivity index (χ4n) is 2.84. The van der Waals surface area contributed by atoms with E-state index in [0.717, 1.165) is 18.5 Å². The minimum atomic E-state index is -0.832. The Morgan fingerprint density at radius 2 is 2.19 bits per heavy atom. The Morgan fingerprint density at radius 3 is 2.86 bits per heavy atom. The topological polar surface area (TPSA) is 69.6 Å². The number of rotatable bonds is 6. The molecule has 0 aromatic heterocycles. The Hall–Kier alpha value is -2.04. The SMILES string of the molecule is CC(=O)NC(CCC(=O)O)Cc1ccc2c(c1)CCN2C. The average molecular weight is 290 g/mol. The van der Waals surface area contributed by atoms with Crippen LogP contribution in [0, 0.1) is 0 Å². The Bertz CT molecular complexity index is 542. The molecule has 114 valence electrons. The van der Waals surface area contributed by atoms with Gasteiger partial charge in [-0.1, -0.05) is 12.1 Å². The molecule has 0 spiro atoms. The maximum absolute atomic E-state index is 11.3. The van der Waals surface area contributed by atoms with Crippen molar-refractivity contribution in [3.8, 4) is 0 Å². The summed E-state index contributed by atoms with van der Waals surface area (Å²) in [6, 6.07) is 6.22. The van der Waals surface area contributed by atoms with Gasteiger partial charge in [0.25, 0.3) is 0 Å². The number of carboxylic acids is 1. The normalized spacial score (nSPS) is 14.7. The van der Waals surface area contributed by atoms with Crippen molar-refractivity contribution in [2.75, 3.05) is 18.5 Å². The molecule has 2 rings (SSSR count). The lowest BCUT2D eigenvalue weighted by Gasteiger charge is -2.18. The molecule has 0 bridgehead atoms. The summed E-state index contributed by atoms with van der Waals surface area (Å²) < 4.78 is 0. The van der Waals surface area contributed by atoms with Gasteiger partial charge in [-0.25, -0.2) is 0 Å². The lowest BCUT2D eigenvalue weighted by molar-refractivity contribution is -0.137. The van der Waals surface area contributed by atoms with Crippen LogP contribution in [0.1, 0.15) is 30.9 Å². The van der Waals surface area contributed by atoms with E-state index in [-0.39, 0.29) is 18.4 Å². The van der Waals surface area contributed by atoms with Crippen LogP contribution in [0.2, 0.25) is 0 Å². The quantitative estimate of drug-likeness (QED) is 0.835. The highest BCUT2D eigenvalue weighted by molar-refractivity contribution is 5.73. The van der Waals surface area contributed by atoms with Gasteiger partial charge in [-0.15, -0.1) is 0 Å². The van der Waals surface area contributed by atoms with Crippen LogP contribution in [-0.2, 0) is 22.4 Å². The lowest BCUT2D eigenvalue weighted by Crippen LogP contribution is -2.35. The summed E-state index contributed by atoms with van der Waals surface area (Å²) in [5.41, 5.74) is 3.74. The molecule has 1 aromatic carbocycles. The number of aliphatic carboxylic acids is 1. The summed E-state index contributed by atoms with van der Waals surface area (Å²) in [6.45, 7) is 2.50. The van der Waals surface area contributed by atoms with Crippen LogP contribution in [0.25, 0.3) is 0 Å². The number of anilines is 1. The Labute approximate surface area is 125 Å². The molecule has 1 aromatic rings. The first-order valence-corrected chi connectivity index (χ1v) is 7.27. The minimum Gasteiger partial charge on any atom is -0.481 e. The molecule has 0 aliphatic carbocycles. The highest BCUT2D eigenvalue weighted by Crippen LogP contribution is 2.27. The first-order valence-electron chi connectivity index (χ1n) is 7.27. The van der Waals surface area contributed by atoms with E-state index >= 15 is 0 Å². The number of nitrogens with one attached hydrogen (secondary N) is 1. The molecule has 1 atom stereocenters. The number of amides is 1. The summed E-state index contributed by atoms with van der Waals surface area (Å²) in [6.07, 6.45) is 2.23. The fourth-order valence-corrected chi connectivity index (χ4v) is 2.84. The molecule has 0 saturated heterocycles. The Kier molecular flexibility index (Phi) is 4.83. The highest BCUT2D eigenvalue weighted by atomic mass is 16.4. The lowest BCUT2D eigenvalue weighted by atomic mass is 9.99. The van der Waals surface area contributed by atoms with E-state index in [1.54, 1.807) is 0 Å². The van der Waals surface area contributed by atoms with E-state index in [0.29, 0.717) is 12.8 Å². The highest BCUT2D eigenvalue weighted by Gasteiger charge is 2.18. The first kappa shape index (κ1) is 15.4. The molecule has 5 heteroatoms. The van der Waals surface area contributed by atoms with Gasteiger partial charge in [-0.05, 0) is 36.5 Å². The largest absolute Gasteiger partial charge is 0.481 e. The maximum atomic E-state index is 11.3. The van der Waals surface area contributed by atoms with Crippen molar-refractivity contribution in [1.29, 1.82) is 0 Å². The first-order chi connectivity index (χ1) is 9.95. The van der Waals surface area contributed by atoms with Gasteiger partial charge in [0.15, 0.2) is 0 Å². The predicted molar refractivity (Wildman–Crippen MR) is 81.6 cm³/mol. The Morgan fingerprint density at radius 1 is 1.43 bits per heavy atom. The fraction of sp³-hybridized carbons (Fsp3) is 0.500. The number of fused-ring (bicyclic) bond motifs is 1. The van der Waals surface area contributed by atoms with Gasteiger partial charge in [0.1, 0.15) is 0 Å². The average Bonchev–Trinajstić information content (AvgIpc) is 2.77. The minimum absolute atomic E-state index is 0.0681. The monoisotopic (exact) mass is 290 g/mol. The molecular formula is C16H22N2O3. The summed E-state index contributed by atoms with van der Waals surface area (Å²) in [4.78, 5) is 24.2. The van der Waals surface area contributed by atoms with E-state index < -0.39 is 5.97 Å². The number of likely N-dealkylation sites (N-methyl/N-ethyl adjacent to an activating group) is 1. The number of carboxylic acid groups (broad SMARTS) is 1. The molecule has 21 heavy (non-hydrogen) atoms. The standard InChI is InChI=1S/C16H22N2O3/c1-11(19)17-14(4-6-16(20)21)10-12-3-5-15-13(9-12)7-8-18(15)2/h3,5,9,14H,4,6-8,10H2,1-2H3,(H,17,19)(H,20,21). The van der Waals surface area contributed by atoms with Gasteiger partial charge in [-0.2, -0.15) is 0 Å². The molecule has 1 amide bonds. The third-order valence-corrected chi connectivity index (χ3v) is 3.87. The molecule has 1 unspecified atom stereocenters. The van der Waals surface area contributed by atoms with Gasteiger partial charge < -0.3 is 15.3 Å². The molecule has 1 heterocycles. The Balaban J connectivity index is 2.05. The smallest absolute Gasteiger partial charge is 0.303 e. The number of hydrogen-bond acceptors (Lipinski definition) is 3. The summed E-state index contributed by atoms with van der Waals surface area (Å²) >= 11 is 0. The van der Waals surface area contributed by atoms with Crippen LogP contribution in [-0.4, -0.2) is 36.6 Å². The van der Waals surface area contributed by atoms with Gasteiger partial charge in [-0.3, -0.25) is 9.59 Å². The van der Waals surface area contributed by atoms with Crippen LogP contribution in [0.5, 0.6) is 0 Å². The zero-order valence-corrected chi connectivity index (χ0v) is 12.6. The van der Waals surface area contributed by atoms with E-state index in [1.165, 1.54) is 18.2 Å². The van der Waals surface area contributed by atoms with E-state index in [9.17, 15) is 9.59 Å². The number of benzene rings is 1. The summed E-state index contributed by atoms with van der Waals surface area (Å²) in [5, 5.41) is 11.6. The van der Waals surface area contributed by atoms with Gasteiger partial charge in [0, 0.05) is 38.7 Å². The second kappa shape index (κ2) is 6.61. The zero-order chi connectivity index (χ0) is 15.4. The zero-order valence-electron chi connectivity index (χ0n) is 12.6. The molecular weight excluding hydrogens is 268 g/mol. The second-order valence-corrected chi connectivity index (χ2v) is 5.67. The van der Waals surface area contributed by atoms with Crippen molar-refractivity contribution in [3.05, 3.63) is 29.3 Å². The molecule has 5 nitrogen and oxygen atoms in total. The third kappa shape index (κ3) is 4.21.